The Kier molecular flexibility index (Phi) is 2.45. The molecule has 2 aromatic rings. The number of halogens is 2. The van der Waals surface area contributed by atoms with Gasteiger partial charge in [0, 0.05) is 5.56 Å². The minimum Gasteiger partial charge on any atom is -0.385 e. The van der Waals surface area contributed by atoms with Crippen molar-refractivity contribution in [2.24, 2.45) is 0 Å². The molecule has 0 unspecified atom stereocenters. The van der Waals surface area contributed by atoms with Crippen LogP contribution in [0.4, 0.5) is 8.78 Å². The van der Waals surface area contributed by atoms with Gasteiger partial charge in [0.15, 0.2) is 0 Å². The van der Waals surface area contributed by atoms with Gasteiger partial charge >= 0.3 is 0 Å². The highest BCUT2D eigenvalue weighted by molar-refractivity contribution is 5.64. The molecule has 1 aliphatic rings. The van der Waals surface area contributed by atoms with E-state index in [0.29, 0.717) is 18.4 Å². The predicted octanol–water partition coefficient (Wildman–Crippen LogP) is 3.61. The molecule has 0 saturated heterocycles. The van der Waals surface area contributed by atoms with Gasteiger partial charge in [-0.2, -0.15) is 0 Å². The summed E-state index contributed by atoms with van der Waals surface area (Å²) in [4.78, 5) is 0. The van der Waals surface area contributed by atoms with E-state index in [1.165, 1.54) is 18.2 Å². The summed E-state index contributed by atoms with van der Waals surface area (Å²) in [5, 5.41) is 10.00. The zero-order valence-corrected chi connectivity index (χ0v) is 9.66. The molecular weight excluding hydrogens is 234 g/mol. The van der Waals surface area contributed by atoms with Crippen LogP contribution >= 0.6 is 0 Å². The summed E-state index contributed by atoms with van der Waals surface area (Å²) >= 11 is 0. The molecule has 1 fully saturated rings. The molecule has 0 aromatic heterocycles. The molecule has 18 heavy (non-hydrogen) atoms. The Labute approximate surface area is 104 Å². The lowest BCUT2D eigenvalue weighted by atomic mass is 9.99. The Morgan fingerprint density at radius 1 is 0.889 bits per heavy atom. The molecule has 1 N–H and O–H groups in total. The van der Waals surface area contributed by atoms with Crippen molar-refractivity contribution in [3.05, 3.63) is 59.7 Å². The third-order valence-corrected chi connectivity index (χ3v) is 3.37. The first-order valence-corrected chi connectivity index (χ1v) is 5.87. The standard InChI is InChI=1S/C15H12F2O/c16-12-4-1-10(2-5-12)11-3-6-14(17)13(9-11)15(18)7-8-15/h1-6,9,18H,7-8H2. The molecule has 3 heteroatoms. The number of aliphatic hydroxyl groups is 1. The Bertz CT molecular complexity index is 586. The first-order valence-electron chi connectivity index (χ1n) is 5.87. The highest BCUT2D eigenvalue weighted by Gasteiger charge is 2.44. The van der Waals surface area contributed by atoms with E-state index in [1.807, 2.05) is 0 Å². The van der Waals surface area contributed by atoms with Gasteiger partial charge in [-0.1, -0.05) is 18.2 Å². The van der Waals surface area contributed by atoms with Gasteiger partial charge in [-0.15, -0.1) is 0 Å². The second-order valence-corrected chi connectivity index (χ2v) is 4.73. The predicted molar refractivity (Wildman–Crippen MR) is 64.9 cm³/mol. The highest BCUT2D eigenvalue weighted by Crippen LogP contribution is 2.47. The summed E-state index contributed by atoms with van der Waals surface area (Å²) in [6.45, 7) is 0. The second kappa shape index (κ2) is 3.89. The van der Waals surface area contributed by atoms with E-state index in [4.69, 9.17) is 0 Å². The van der Waals surface area contributed by atoms with E-state index in [1.54, 1.807) is 24.3 Å². The summed E-state index contributed by atoms with van der Waals surface area (Å²) < 4.78 is 26.5. The van der Waals surface area contributed by atoms with Crippen LogP contribution in [0.2, 0.25) is 0 Å². The molecule has 0 atom stereocenters. The Balaban J connectivity index is 2.05. The van der Waals surface area contributed by atoms with E-state index in [9.17, 15) is 13.9 Å². The van der Waals surface area contributed by atoms with Crippen LogP contribution in [-0.2, 0) is 5.60 Å². The van der Waals surface area contributed by atoms with Crippen LogP contribution in [0.1, 0.15) is 18.4 Å². The largest absolute Gasteiger partial charge is 0.385 e. The van der Waals surface area contributed by atoms with E-state index in [2.05, 4.69) is 0 Å². The minimum atomic E-state index is -1.000. The molecule has 92 valence electrons. The van der Waals surface area contributed by atoms with E-state index >= 15 is 0 Å². The maximum Gasteiger partial charge on any atom is 0.129 e. The fourth-order valence-corrected chi connectivity index (χ4v) is 2.09. The van der Waals surface area contributed by atoms with Crippen LogP contribution in [0.15, 0.2) is 42.5 Å². The smallest absolute Gasteiger partial charge is 0.129 e. The third kappa shape index (κ3) is 1.91. The number of benzene rings is 2. The molecule has 0 spiro atoms. The van der Waals surface area contributed by atoms with Gasteiger partial charge in [0.05, 0.1) is 5.60 Å². The lowest BCUT2D eigenvalue weighted by Gasteiger charge is -2.11. The quantitative estimate of drug-likeness (QED) is 0.858. The van der Waals surface area contributed by atoms with Crippen LogP contribution in [0.5, 0.6) is 0 Å². The van der Waals surface area contributed by atoms with Crippen molar-refractivity contribution in [3.63, 3.8) is 0 Å². The first-order chi connectivity index (χ1) is 8.58. The molecule has 1 nitrogen and oxygen atoms in total. The Morgan fingerprint density at radius 3 is 2.11 bits per heavy atom. The molecular formula is C15H12F2O. The fraction of sp³-hybridized carbons (Fsp3) is 0.200. The fourth-order valence-electron chi connectivity index (χ4n) is 2.09. The van der Waals surface area contributed by atoms with Gasteiger partial charge in [0.25, 0.3) is 0 Å². The molecule has 0 aliphatic heterocycles. The number of hydrogen-bond donors (Lipinski definition) is 1. The van der Waals surface area contributed by atoms with E-state index in [0.717, 1.165) is 11.1 Å². The first kappa shape index (κ1) is 11.4. The zero-order chi connectivity index (χ0) is 12.8. The van der Waals surface area contributed by atoms with Gasteiger partial charge in [-0.05, 0) is 48.2 Å². The molecule has 0 heterocycles. The molecule has 2 aromatic carbocycles. The summed E-state index contributed by atoms with van der Waals surface area (Å²) in [5.74, 6) is -0.692. The molecule has 0 amide bonds. The van der Waals surface area contributed by atoms with E-state index < -0.39 is 5.60 Å². The molecule has 1 saturated carbocycles. The topological polar surface area (TPSA) is 20.2 Å². The Hall–Kier alpha value is -1.74. The van der Waals surface area contributed by atoms with Gasteiger partial charge in [0.2, 0.25) is 0 Å². The number of rotatable bonds is 2. The molecule has 0 bridgehead atoms. The molecule has 3 rings (SSSR count). The average Bonchev–Trinajstić information content (AvgIpc) is 3.10. The summed E-state index contributed by atoms with van der Waals surface area (Å²) in [6.07, 6.45) is 1.19. The van der Waals surface area contributed by atoms with Crippen LogP contribution in [0.3, 0.4) is 0 Å². The van der Waals surface area contributed by atoms with Gasteiger partial charge in [0.1, 0.15) is 11.6 Å². The van der Waals surface area contributed by atoms with Crippen molar-refractivity contribution in [2.75, 3.05) is 0 Å². The maximum absolute atomic E-state index is 13.7. The minimum absolute atomic E-state index is 0.304. The normalized spacial score (nSPS) is 16.6. The second-order valence-electron chi connectivity index (χ2n) is 4.73. The van der Waals surface area contributed by atoms with Gasteiger partial charge in [-0.3, -0.25) is 0 Å². The molecule has 1 aliphatic carbocycles. The summed E-state index contributed by atoms with van der Waals surface area (Å²) in [7, 11) is 0. The summed E-state index contributed by atoms with van der Waals surface area (Å²) in [5.41, 5.74) is 0.929. The SMILES string of the molecule is OC1(c2cc(-c3ccc(F)cc3)ccc2F)CC1. The van der Waals surface area contributed by atoms with Crippen LogP contribution in [0.25, 0.3) is 11.1 Å². The lowest BCUT2D eigenvalue weighted by molar-refractivity contribution is 0.147. The van der Waals surface area contributed by atoms with Gasteiger partial charge < -0.3 is 5.11 Å². The number of hydrogen-bond acceptors (Lipinski definition) is 1. The zero-order valence-electron chi connectivity index (χ0n) is 9.66. The monoisotopic (exact) mass is 246 g/mol. The average molecular weight is 246 g/mol. The highest BCUT2D eigenvalue weighted by atomic mass is 19.1. The lowest BCUT2D eigenvalue weighted by Crippen LogP contribution is -2.07. The van der Waals surface area contributed by atoms with Crippen molar-refractivity contribution in [1.29, 1.82) is 0 Å². The van der Waals surface area contributed by atoms with Crippen LogP contribution in [-0.4, -0.2) is 5.11 Å². The van der Waals surface area contributed by atoms with Crippen molar-refractivity contribution in [3.8, 4) is 11.1 Å². The van der Waals surface area contributed by atoms with Gasteiger partial charge in [-0.25, -0.2) is 8.78 Å². The van der Waals surface area contributed by atoms with Crippen molar-refractivity contribution in [1.82, 2.24) is 0 Å². The third-order valence-electron chi connectivity index (χ3n) is 3.37. The van der Waals surface area contributed by atoms with Crippen molar-refractivity contribution >= 4 is 0 Å². The summed E-state index contributed by atoms with van der Waals surface area (Å²) in [6, 6.07) is 10.7. The van der Waals surface area contributed by atoms with Crippen molar-refractivity contribution in [2.45, 2.75) is 18.4 Å². The van der Waals surface area contributed by atoms with E-state index in [-0.39, 0.29) is 11.6 Å². The maximum atomic E-state index is 13.7. The van der Waals surface area contributed by atoms with Crippen molar-refractivity contribution < 1.29 is 13.9 Å². The Morgan fingerprint density at radius 2 is 1.50 bits per heavy atom. The van der Waals surface area contributed by atoms with Crippen LogP contribution < -0.4 is 0 Å². The van der Waals surface area contributed by atoms with Crippen LogP contribution in [0, 0.1) is 11.6 Å². The molecule has 0 radical (unpaired) electrons.